The van der Waals surface area contributed by atoms with Gasteiger partial charge in [0, 0.05) is 5.54 Å². The van der Waals surface area contributed by atoms with Crippen molar-refractivity contribution in [1.82, 2.24) is 5.32 Å². The number of amides is 1. The second-order valence-electron chi connectivity index (χ2n) is 6.67. The zero-order valence-electron chi connectivity index (χ0n) is 13.4. The van der Waals surface area contributed by atoms with E-state index in [0.29, 0.717) is 0 Å². The van der Waals surface area contributed by atoms with Crippen LogP contribution in [0.2, 0.25) is 0 Å². The largest absolute Gasteiger partial charge is 0.465 e. The van der Waals surface area contributed by atoms with Crippen LogP contribution >= 0.6 is 0 Å². The van der Waals surface area contributed by atoms with Crippen LogP contribution in [0.25, 0.3) is 0 Å². The summed E-state index contributed by atoms with van der Waals surface area (Å²) >= 11 is 0. The van der Waals surface area contributed by atoms with Crippen molar-refractivity contribution in [2.45, 2.75) is 66.8 Å². The Kier molecular flexibility index (Phi) is 6.53. The van der Waals surface area contributed by atoms with Crippen LogP contribution in [0.1, 0.15) is 61.3 Å². The minimum atomic E-state index is -0.774. The quantitative estimate of drug-likeness (QED) is 0.597. The first kappa shape index (κ1) is 17.9. The number of hydrogen-bond donors (Lipinski definition) is 1. The molecule has 0 heterocycles. The van der Waals surface area contributed by atoms with Crippen LogP contribution < -0.4 is 5.32 Å². The molecule has 0 aliphatic carbocycles. The van der Waals surface area contributed by atoms with Crippen molar-refractivity contribution in [3.05, 3.63) is 0 Å². The lowest BCUT2D eigenvalue weighted by molar-refractivity contribution is -0.157. The van der Waals surface area contributed by atoms with E-state index in [1.165, 1.54) is 0 Å². The molecule has 1 amide bonds. The molecule has 0 aromatic carbocycles. The Hall–Kier alpha value is -1.06. The van der Waals surface area contributed by atoms with E-state index in [-0.39, 0.29) is 18.1 Å². The lowest BCUT2D eigenvalue weighted by Gasteiger charge is -2.32. The van der Waals surface area contributed by atoms with Gasteiger partial charge < -0.3 is 10.1 Å². The van der Waals surface area contributed by atoms with Gasteiger partial charge in [0.1, 0.15) is 5.92 Å². The van der Waals surface area contributed by atoms with Crippen LogP contribution in [0, 0.1) is 11.3 Å². The molecule has 0 aromatic rings. The number of carbonyl (C=O) groups excluding carboxylic acids is 2. The summed E-state index contributed by atoms with van der Waals surface area (Å²) in [6.45, 7) is 13.7. The molecule has 0 aromatic heterocycles. The Morgan fingerprint density at radius 1 is 1.11 bits per heavy atom. The first-order valence-electron chi connectivity index (χ1n) is 7.03. The van der Waals surface area contributed by atoms with E-state index < -0.39 is 17.3 Å². The average Bonchev–Trinajstić information content (AvgIpc) is 2.13. The molecule has 1 atom stereocenters. The third-order valence-corrected chi connectivity index (χ3v) is 2.99. The first-order valence-corrected chi connectivity index (χ1v) is 7.03. The fourth-order valence-corrected chi connectivity index (χ4v) is 2.17. The van der Waals surface area contributed by atoms with E-state index in [1.54, 1.807) is 6.92 Å². The Bertz CT molecular complexity index is 316. The summed E-state index contributed by atoms with van der Waals surface area (Å²) in [6, 6.07) is 0. The second-order valence-corrected chi connectivity index (χ2v) is 6.67. The first-order chi connectivity index (χ1) is 8.55. The van der Waals surface area contributed by atoms with Crippen molar-refractivity contribution in [1.29, 1.82) is 0 Å². The topological polar surface area (TPSA) is 55.4 Å². The Balaban J connectivity index is 4.98. The van der Waals surface area contributed by atoms with Gasteiger partial charge in [-0.3, -0.25) is 9.59 Å². The van der Waals surface area contributed by atoms with Gasteiger partial charge in [-0.2, -0.15) is 0 Å². The van der Waals surface area contributed by atoms with E-state index in [1.807, 2.05) is 34.6 Å². The molecule has 0 bridgehead atoms. The summed E-state index contributed by atoms with van der Waals surface area (Å²) in [5.74, 6) is -1.47. The lowest BCUT2D eigenvalue weighted by Crippen LogP contribution is -2.51. The molecule has 0 spiro atoms. The third-order valence-electron chi connectivity index (χ3n) is 2.99. The van der Waals surface area contributed by atoms with Crippen molar-refractivity contribution in [3.63, 3.8) is 0 Å². The maximum absolute atomic E-state index is 12.4. The number of ether oxygens (including phenoxy) is 1. The SMILES string of the molecule is CCCC(C)(C)NC(=O)C(C(=O)OCC)C(C)(C)C. The standard InChI is InChI=1S/C15H29NO3/c1-8-10-15(6,7)16-12(17)11(14(3,4)5)13(18)19-9-2/h11H,8-10H2,1-7H3,(H,16,17). The molecule has 1 unspecified atom stereocenters. The Morgan fingerprint density at radius 2 is 1.63 bits per heavy atom. The van der Waals surface area contributed by atoms with Crippen LogP contribution in [0.4, 0.5) is 0 Å². The number of carbonyl (C=O) groups is 2. The highest BCUT2D eigenvalue weighted by molar-refractivity contribution is 5.98. The van der Waals surface area contributed by atoms with Gasteiger partial charge in [-0.15, -0.1) is 0 Å². The third kappa shape index (κ3) is 6.08. The van der Waals surface area contributed by atoms with Gasteiger partial charge in [0.15, 0.2) is 0 Å². The van der Waals surface area contributed by atoms with Gasteiger partial charge in [-0.05, 0) is 32.6 Å². The summed E-state index contributed by atoms with van der Waals surface area (Å²) in [6.07, 6.45) is 1.85. The minimum absolute atomic E-state index is 0.246. The number of esters is 1. The highest BCUT2D eigenvalue weighted by atomic mass is 16.5. The summed E-state index contributed by atoms with van der Waals surface area (Å²) in [7, 11) is 0. The van der Waals surface area contributed by atoms with Gasteiger partial charge in [0.2, 0.25) is 5.91 Å². The molecule has 0 radical (unpaired) electrons. The fourth-order valence-electron chi connectivity index (χ4n) is 2.17. The van der Waals surface area contributed by atoms with Gasteiger partial charge >= 0.3 is 5.97 Å². The predicted octanol–water partition coefficient (Wildman–Crippen LogP) is 2.91. The number of hydrogen-bond acceptors (Lipinski definition) is 3. The molecule has 0 aliphatic rings. The highest BCUT2D eigenvalue weighted by Gasteiger charge is 2.40. The molecule has 0 rings (SSSR count). The van der Waals surface area contributed by atoms with E-state index in [0.717, 1.165) is 12.8 Å². The molecule has 4 nitrogen and oxygen atoms in total. The molecule has 0 fully saturated rings. The Morgan fingerprint density at radius 3 is 2.00 bits per heavy atom. The molecular weight excluding hydrogens is 242 g/mol. The predicted molar refractivity (Wildman–Crippen MR) is 76.7 cm³/mol. The number of rotatable bonds is 6. The van der Waals surface area contributed by atoms with E-state index >= 15 is 0 Å². The van der Waals surface area contributed by atoms with Gasteiger partial charge in [-0.1, -0.05) is 34.1 Å². The summed E-state index contributed by atoms with van der Waals surface area (Å²) < 4.78 is 5.03. The molecule has 1 N–H and O–H groups in total. The maximum atomic E-state index is 12.4. The van der Waals surface area contributed by atoms with Gasteiger partial charge in [0.05, 0.1) is 6.61 Å². The van der Waals surface area contributed by atoms with Crippen molar-refractivity contribution < 1.29 is 14.3 Å². The van der Waals surface area contributed by atoms with E-state index in [4.69, 9.17) is 4.74 Å². The van der Waals surface area contributed by atoms with Crippen LogP contribution in [-0.2, 0) is 14.3 Å². The number of nitrogens with one attached hydrogen (secondary N) is 1. The van der Waals surface area contributed by atoms with Gasteiger partial charge in [-0.25, -0.2) is 0 Å². The fraction of sp³-hybridized carbons (Fsp3) is 0.867. The molecule has 19 heavy (non-hydrogen) atoms. The molecule has 0 saturated heterocycles. The normalized spacial score (nSPS) is 13.8. The molecular formula is C15H29NO3. The van der Waals surface area contributed by atoms with Crippen molar-refractivity contribution >= 4 is 11.9 Å². The van der Waals surface area contributed by atoms with E-state index in [9.17, 15) is 9.59 Å². The minimum Gasteiger partial charge on any atom is -0.465 e. The van der Waals surface area contributed by atoms with Crippen molar-refractivity contribution in [2.24, 2.45) is 11.3 Å². The molecule has 0 saturated carbocycles. The van der Waals surface area contributed by atoms with Crippen LogP contribution in [0.5, 0.6) is 0 Å². The summed E-state index contributed by atoms with van der Waals surface area (Å²) in [4.78, 5) is 24.4. The van der Waals surface area contributed by atoms with Crippen LogP contribution in [-0.4, -0.2) is 24.0 Å². The molecule has 112 valence electrons. The van der Waals surface area contributed by atoms with Crippen molar-refractivity contribution in [3.8, 4) is 0 Å². The summed E-state index contributed by atoms with van der Waals surface area (Å²) in [5, 5.41) is 2.96. The molecule has 4 heteroatoms. The Labute approximate surface area is 117 Å². The molecule has 0 aliphatic heterocycles. The lowest BCUT2D eigenvalue weighted by atomic mass is 9.79. The highest BCUT2D eigenvalue weighted by Crippen LogP contribution is 2.28. The van der Waals surface area contributed by atoms with Crippen molar-refractivity contribution in [2.75, 3.05) is 6.61 Å². The zero-order valence-corrected chi connectivity index (χ0v) is 13.4. The van der Waals surface area contributed by atoms with Crippen LogP contribution in [0.15, 0.2) is 0 Å². The smallest absolute Gasteiger partial charge is 0.319 e. The summed E-state index contributed by atoms with van der Waals surface area (Å²) in [5.41, 5.74) is -0.763. The average molecular weight is 271 g/mol. The monoisotopic (exact) mass is 271 g/mol. The maximum Gasteiger partial charge on any atom is 0.319 e. The zero-order chi connectivity index (χ0) is 15.3. The van der Waals surface area contributed by atoms with Crippen LogP contribution in [0.3, 0.4) is 0 Å². The second kappa shape index (κ2) is 6.92. The van der Waals surface area contributed by atoms with Gasteiger partial charge in [0.25, 0.3) is 0 Å². The van der Waals surface area contributed by atoms with E-state index in [2.05, 4.69) is 12.2 Å².